The summed E-state index contributed by atoms with van der Waals surface area (Å²) in [6.45, 7) is 3.95. The summed E-state index contributed by atoms with van der Waals surface area (Å²) >= 11 is 0. The number of fused-ring (bicyclic) bond motifs is 1. The fourth-order valence-electron chi connectivity index (χ4n) is 5.91. The number of hydrogen-bond donors (Lipinski definition) is 1. The topological polar surface area (TPSA) is 102 Å². The van der Waals surface area contributed by atoms with Gasteiger partial charge in [-0.05, 0) is 78.2 Å². The number of furan rings is 1. The van der Waals surface area contributed by atoms with Crippen LogP contribution in [-0.2, 0) is 11.3 Å². The number of nitrogens with one attached hydrogen (secondary N) is 1. The molecule has 6 rings (SSSR count). The minimum absolute atomic E-state index is 0.0821. The first-order valence-electron chi connectivity index (χ1n) is 13.4. The Balaban J connectivity index is 1.49. The van der Waals surface area contributed by atoms with Crippen LogP contribution in [0.3, 0.4) is 0 Å². The van der Waals surface area contributed by atoms with Crippen molar-refractivity contribution in [2.75, 3.05) is 13.2 Å². The summed E-state index contributed by atoms with van der Waals surface area (Å²) in [6.07, 6.45) is 9.45. The highest BCUT2D eigenvalue weighted by Crippen LogP contribution is 2.34. The van der Waals surface area contributed by atoms with Crippen LogP contribution in [0.5, 0.6) is 0 Å². The number of pyridine rings is 1. The minimum Gasteiger partial charge on any atom is -0.468 e. The lowest BCUT2D eigenvalue weighted by molar-refractivity contribution is 0.0539. The predicted molar refractivity (Wildman–Crippen MR) is 139 cm³/mol. The molecule has 9 heteroatoms. The largest absolute Gasteiger partial charge is 0.468 e. The van der Waals surface area contributed by atoms with Crippen LogP contribution in [0.1, 0.15) is 79.7 Å². The van der Waals surface area contributed by atoms with Gasteiger partial charge in [-0.2, -0.15) is 0 Å². The fourth-order valence-corrected chi connectivity index (χ4v) is 5.91. The van der Waals surface area contributed by atoms with Gasteiger partial charge < -0.3 is 14.1 Å². The molecule has 2 aliphatic rings. The van der Waals surface area contributed by atoms with E-state index in [4.69, 9.17) is 9.15 Å². The number of aromatic amines is 1. The van der Waals surface area contributed by atoms with Gasteiger partial charge in [0.2, 0.25) is 0 Å². The van der Waals surface area contributed by atoms with E-state index >= 15 is 0 Å². The van der Waals surface area contributed by atoms with Gasteiger partial charge in [-0.15, -0.1) is 5.10 Å². The molecule has 3 aromatic heterocycles. The van der Waals surface area contributed by atoms with Crippen molar-refractivity contribution in [3.63, 3.8) is 0 Å². The van der Waals surface area contributed by atoms with Gasteiger partial charge in [-0.1, -0.05) is 31.4 Å². The molecule has 1 aromatic carbocycles. The highest BCUT2D eigenvalue weighted by atomic mass is 16.5. The average Bonchev–Trinajstić information content (AvgIpc) is 3.69. The molecule has 4 heterocycles. The van der Waals surface area contributed by atoms with Gasteiger partial charge in [-0.25, -0.2) is 4.68 Å². The molecule has 194 valence electrons. The maximum absolute atomic E-state index is 13.7. The second-order valence-electron chi connectivity index (χ2n) is 10.5. The van der Waals surface area contributed by atoms with Gasteiger partial charge in [0.15, 0.2) is 5.82 Å². The number of tetrazole rings is 1. The van der Waals surface area contributed by atoms with Crippen LogP contribution in [0.15, 0.2) is 51.9 Å². The van der Waals surface area contributed by atoms with Crippen LogP contribution in [0, 0.1) is 6.92 Å². The van der Waals surface area contributed by atoms with Crippen LogP contribution in [0.25, 0.3) is 10.9 Å². The average molecular weight is 503 g/mol. The Kier molecular flexibility index (Phi) is 6.89. The summed E-state index contributed by atoms with van der Waals surface area (Å²) in [5, 5.41) is 14.1. The molecular weight excluding hydrogens is 468 g/mol. The zero-order valence-corrected chi connectivity index (χ0v) is 21.3. The molecule has 0 spiro atoms. The molecule has 0 amide bonds. The van der Waals surface area contributed by atoms with Crippen molar-refractivity contribution in [3.8, 4) is 0 Å². The number of rotatable bonds is 8. The van der Waals surface area contributed by atoms with Crippen molar-refractivity contribution < 1.29 is 9.15 Å². The standard InChI is InChI=1S/C28H34N6O3/c1-19-11-12-20-16-24(28(35)29-25(20)15-19)26(27-30-31-32-34(27)21-7-3-2-4-8-21)33(17-22-9-5-13-36-22)18-23-10-6-14-37-23/h5,9,11-13,15-16,21,23,26H,2-4,6-8,10,14,17-18H2,1H3,(H,29,35)/t23-,26-/m0/s1. The van der Waals surface area contributed by atoms with Crippen LogP contribution in [0.2, 0.25) is 0 Å². The summed E-state index contributed by atoms with van der Waals surface area (Å²) in [5.74, 6) is 1.53. The summed E-state index contributed by atoms with van der Waals surface area (Å²) in [7, 11) is 0. The second kappa shape index (κ2) is 10.6. The summed E-state index contributed by atoms with van der Waals surface area (Å²) < 4.78 is 13.8. The molecule has 9 nitrogen and oxygen atoms in total. The number of benzene rings is 1. The van der Waals surface area contributed by atoms with E-state index in [9.17, 15) is 4.79 Å². The van der Waals surface area contributed by atoms with E-state index in [0.29, 0.717) is 24.5 Å². The molecule has 1 saturated carbocycles. The van der Waals surface area contributed by atoms with E-state index in [1.54, 1.807) is 6.26 Å². The molecule has 0 unspecified atom stereocenters. The molecule has 1 N–H and O–H groups in total. The zero-order chi connectivity index (χ0) is 25.2. The van der Waals surface area contributed by atoms with Gasteiger partial charge in [0.1, 0.15) is 11.8 Å². The number of nitrogens with zero attached hydrogens (tertiary/aromatic N) is 5. The Bertz CT molecular complexity index is 1380. The van der Waals surface area contributed by atoms with Crippen LogP contribution < -0.4 is 5.56 Å². The molecule has 2 atom stereocenters. The van der Waals surface area contributed by atoms with E-state index < -0.39 is 6.04 Å². The van der Waals surface area contributed by atoms with Crippen molar-refractivity contribution >= 4 is 10.9 Å². The number of aryl methyl sites for hydroxylation is 1. The maximum Gasteiger partial charge on any atom is 0.253 e. The third-order valence-corrected chi connectivity index (χ3v) is 7.77. The Morgan fingerprint density at radius 3 is 2.81 bits per heavy atom. The van der Waals surface area contributed by atoms with Crippen LogP contribution in [0.4, 0.5) is 0 Å². The lowest BCUT2D eigenvalue weighted by Gasteiger charge is -2.33. The highest BCUT2D eigenvalue weighted by molar-refractivity contribution is 5.79. The van der Waals surface area contributed by atoms with E-state index in [1.165, 1.54) is 6.42 Å². The molecule has 1 saturated heterocycles. The third-order valence-electron chi connectivity index (χ3n) is 7.77. The van der Waals surface area contributed by atoms with E-state index in [0.717, 1.165) is 67.4 Å². The molecule has 1 aliphatic heterocycles. The first-order chi connectivity index (χ1) is 18.2. The molecule has 2 fully saturated rings. The van der Waals surface area contributed by atoms with Crippen molar-refractivity contribution in [1.29, 1.82) is 0 Å². The summed E-state index contributed by atoms with van der Waals surface area (Å²) in [6, 6.07) is 11.8. The minimum atomic E-state index is -0.458. The van der Waals surface area contributed by atoms with Crippen molar-refractivity contribution in [1.82, 2.24) is 30.1 Å². The SMILES string of the molecule is Cc1ccc2cc([C@@H](c3nnnn3C3CCCCC3)N(Cc3ccco3)C[C@@H]3CCCO3)c(=O)[nH]c2c1. The zero-order valence-electron chi connectivity index (χ0n) is 21.3. The lowest BCUT2D eigenvalue weighted by atomic mass is 9.95. The molecule has 4 aromatic rings. The predicted octanol–water partition coefficient (Wildman–Crippen LogP) is 4.69. The first-order valence-corrected chi connectivity index (χ1v) is 13.4. The lowest BCUT2D eigenvalue weighted by Crippen LogP contribution is -2.39. The van der Waals surface area contributed by atoms with Crippen molar-refractivity contribution in [2.45, 2.75) is 76.6 Å². The Hall–Kier alpha value is -3.30. The fraction of sp³-hybridized carbons (Fsp3) is 0.500. The Morgan fingerprint density at radius 1 is 1.14 bits per heavy atom. The monoisotopic (exact) mass is 502 g/mol. The summed E-state index contributed by atoms with van der Waals surface area (Å²) in [4.78, 5) is 19.1. The van der Waals surface area contributed by atoms with Gasteiger partial charge in [0.25, 0.3) is 5.56 Å². The number of aromatic nitrogens is 5. The quantitative estimate of drug-likeness (QED) is 0.373. The van der Waals surface area contributed by atoms with Crippen molar-refractivity contribution in [2.24, 2.45) is 0 Å². The maximum atomic E-state index is 13.7. The normalized spacial score (nSPS) is 19.7. The molecule has 37 heavy (non-hydrogen) atoms. The van der Waals surface area contributed by atoms with Crippen molar-refractivity contribution in [3.05, 3.63) is 75.7 Å². The smallest absolute Gasteiger partial charge is 0.253 e. The van der Waals surface area contributed by atoms with Gasteiger partial charge in [0, 0.05) is 24.2 Å². The number of H-pyrrole nitrogens is 1. The Labute approximate surface area is 215 Å². The first kappa shape index (κ1) is 24.1. The molecular formula is C28H34N6O3. The van der Waals surface area contributed by atoms with E-state index in [-0.39, 0.29) is 17.7 Å². The highest BCUT2D eigenvalue weighted by Gasteiger charge is 2.35. The van der Waals surface area contributed by atoms with E-state index in [2.05, 4.69) is 37.5 Å². The van der Waals surface area contributed by atoms with Gasteiger partial charge >= 0.3 is 0 Å². The number of ether oxygens (including phenoxy) is 1. The third kappa shape index (κ3) is 5.10. The molecule has 0 radical (unpaired) electrons. The van der Waals surface area contributed by atoms with Crippen LogP contribution in [-0.4, -0.2) is 49.3 Å². The Morgan fingerprint density at radius 2 is 2.03 bits per heavy atom. The second-order valence-corrected chi connectivity index (χ2v) is 10.5. The summed E-state index contributed by atoms with van der Waals surface area (Å²) in [5.41, 5.74) is 2.44. The molecule has 0 bridgehead atoms. The van der Waals surface area contributed by atoms with E-state index in [1.807, 2.05) is 35.9 Å². The van der Waals surface area contributed by atoms with Crippen LogP contribution >= 0.6 is 0 Å². The van der Waals surface area contributed by atoms with Gasteiger partial charge in [0.05, 0.1) is 25.0 Å². The number of hydrogen-bond acceptors (Lipinski definition) is 7. The van der Waals surface area contributed by atoms with Gasteiger partial charge in [-0.3, -0.25) is 9.69 Å². The molecule has 1 aliphatic carbocycles.